The van der Waals surface area contributed by atoms with Crippen LogP contribution in [0.5, 0.6) is 0 Å². The number of rotatable bonds is 5. The maximum atomic E-state index is 6.07. The molecule has 0 spiro atoms. The lowest BCUT2D eigenvalue weighted by Gasteiger charge is -2.40. The van der Waals surface area contributed by atoms with Gasteiger partial charge in [-0.05, 0) is 36.8 Å². The zero-order valence-electron chi connectivity index (χ0n) is 15.8. The average molecular weight is 367 g/mol. The van der Waals surface area contributed by atoms with Crippen LogP contribution >= 0.6 is 11.6 Å². The van der Waals surface area contributed by atoms with Crippen LogP contribution in [0.15, 0.2) is 23.3 Å². The average Bonchev–Trinajstić information content (AvgIpc) is 2.58. The molecule has 2 N–H and O–H groups in total. The first-order chi connectivity index (χ1) is 11.9. The maximum Gasteiger partial charge on any atom is 0.191 e. The van der Waals surface area contributed by atoms with Gasteiger partial charge in [-0.25, -0.2) is 9.98 Å². The van der Waals surface area contributed by atoms with Crippen LogP contribution in [0.25, 0.3) is 0 Å². The van der Waals surface area contributed by atoms with E-state index in [1.807, 2.05) is 6.07 Å². The van der Waals surface area contributed by atoms with Crippen molar-refractivity contribution in [3.63, 3.8) is 0 Å². The van der Waals surface area contributed by atoms with Crippen LogP contribution in [-0.4, -0.2) is 36.7 Å². The molecule has 1 aliphatic rings. The molecule has 25 heavy (non-hydrogen) atoms. The number of hydrogen-bond acceptors (Lipinski definition) is 3. The van der Waals surface area contributed by atoms with E-state index in [1.165, 1.54) is 6.42 Å². The highest BCUT2D eigenvalue weighted by Crippen LogP contribution is 2.33. The highest BCUT2D eigenvalue weighted by atomic mass is 35.5. The second-order valence-electron chi connectivity index (χ2n) is 7.62. The minimum Gasteiger partial charge on any atom is -0.377 e. The lowest BCUT2D eigenvalue weighted by Crippen LogP contribution is -2.47. The van der Waals surface area contributed by atoms with Gasteiger partial charge in [-0.2, -0.15) is 0 Å². The molecule has 2 heterocycles. The number of hydrogen-bond donors (Lipinski definition) is 2. The fraction of sp³-hybridized carbons (Fsp3) is 0.684. The zero-order valence-corrected chi connectivity index (χ0v) is 16.6. The van der Waals surface area contributed by atoms with Crippen LogP contribution in [0.1, 0.15) is 46.1 Å². The number of halogens is 1. The number of nitrogens with one attached hydrogen (secondary N) is 2. The van der Waals surface area contributed by atoms with Gasteiger partial charge >= 0.3 is 0 Å². The minimum absolute atomic E-state index is 0.150. The third-order valence-electron chi connectivity index (χ3n) is 4.38. The minimum atomic E-state index is 0.150. The number of aliphatic imine (C=N–C) groups is 1. The van der Waals surface area contributed by atoms with Crippen LogP contribution in [0.2, 0.25) is 5.15 Å². The summed E-state index contributed by atoms with van der Waals surface area (Å²) < 4.78 is 6.07. The van der Waals surface area contributed by atoms with Crippen molar-refractivity contribution in [3.05, 3.63) is 29.0 Å². The molecule has 1 fully saturated rings. The summed E-state index contributed by atoms with van der Waals surface area (Å²) in [7, 11) is 0. The summed E-state index contributed by atoms with van der Waals surface area (Å²) in [4.78, 5) is 8.75. The summed E-state index contributed by atoms with van der Waals surface area (Å²) in [6.45, 7) is 12.0. The second-order valence-corrected chi connectivity index (χ2v) is 8.01. The van der Waals surface area contributed by atoms with Crippen molar-refractivity contribution < 1.29 is 4.74 Å². The van der Waals surface area contributed by atoms with Gasteiger partial charge in [-0.3, -0.25) is 0 Å². The van der Waals surface area contributed by atoms with E-state index in [2.05, 4.69) is 48.3 Å². The monoisotopic (exact) mass is 366 g/mol. The van der Waals surface area contributed by atoms with Gasteiger partial charge in [0.1, 0.15) is 5.15 Å². The number of aromatic nitrogens is 1. The SMILES string of the molecule is CCNC(=NCc1ccc(Cl)nc1)NCC1CCCOC1C(C)(C)C. The summed E-state index contributed by atoms with van der Waals surface area (Å²) in [5.74, 6) is 1.32. The quantitative estimate of drug-likeness (QED) is 0.474. The number of pyridine rings is 1. The molecule has 1 aromatic heterocycles. The highest BCUT2D eigenvalue weighted by molar-refractivity contribution is 6.29. The number of guanidine groups is 1. The van der Waals surface area contributed by atoms with Crippen molar-refractivity contribution in [3.8, 4) is 0 Å². The smallest absolute Gasteiger partial charge is 0.191 e. The van der Waals surface area contributed by atoms with Crippen LogP contribution in [0.3, 0.4) is 0 Å². The lowest BCUT2D eigenvalue weighted by atomic mass is 9.78. The van der Waals surface area contributed by atoms with E-state index in [4.69, 9.17) is 16.3 Å². The molecule has 1 aromatic rings. The molecule has 140 valence electrons. The normalized spacial score (nSPS) is 21.9. The molecule has 2 atom stereocenters. The molecule has 1 aliphatic heterocycles. The van der Waals surface area contributed by atoms with Gasteiger partial charge in [0, 0.05) is 31.8 Å². The predicted molar refractivity (Wildman–Crippen MR) is 104 cm³/mol. The molecule has 2 unspecified atom stereocenters. The Balaban J connectivity index is 1.95. The van der Waals surface area contributed by atoms with E-state index in [0.29, 0.717) is 17.6 Å². The molecule has 0 radical (unpaired) electrons. The lowest BCUT2D eigenvalue weighted by molar-refractivity contribution is -0.0835. The fourth-order valence-electron chi connectivity index (χ4n) is 3.25. The standard InChI is InChI=1S/C19H31ClN4O/c1-5-21-18(23-12-14-8-9-16(20)22-11-14)24-13-15-7-6-10-25-17(15)19(2,3)4/h8-9,11,15,17H,5-7,10,12-13H2,1-4H3,(H2,21,23,24). The molecule has 6 heteroatoms. The van der Waals surface area contributed by atoms with Crippen LogP contribution in [0, 0.1) is 11.3 Å². The molecule has 0 bridgehead atoms. The van der Waals surface area contributed by atoms with E-state index in [9.17, 15) is 0 Å². The van der Waals surface area contributed by atoms with E-state index >= 15 is 0 Å². The summed E-state index contributed by atoms with van der Waals surface area (Å²) in [5, 5.41) is 7.30. The molecule has 0 aromatic carbocycles. The molecule has 0 amide bonds. The Hall–Kier alpha value is -1.33. The molecule has 5 nitrogen and oxygen atoms in total. The maximum absolute atomic E-state index is 6.07. The third kappa shape index (κ3) is 6.48. The molecule has 2 rings (SSSR count). The Morgan fingerprint density at radius 3 is 2.80 bits per heavy atom. The Kier molecular flexibility index (Phi) is 7.51. The highest BCUT2D eigenvalue weighted by Gasteiger charge is 2.35. The van der Waals surface area contributed by atoms with E-state index in [-0.39, 0.29) is 11.5 Å². The van der Waals surface area contributed by atoms with Crippen molar-refractivity contribution in [1.29, 1.82) is 0 Å². The van der Waals surface area contributed by atoms with Crippen molar-refractivity contribution >= 4 is 17.6 Å². The van der Waals surface area contributed by atoms with Crippen molar-refractivity contribution in [2.24, 2.45) is 16.3 Å². The van der Waals surface area contributed by atoms with Crippen LogP contribution < -0.4 is 10.6 Å². The van der Waals surface area contributed by atoms with Crippen LogP contribution in [-0.2, 0) is 11.3 Å². The van der Waals surface area contributed by atoms with Gasteiger partial charge in [-0.15, -0.1) is 0 Å². The van der Waals surface area contributed by atoms with Gasteiger partial charge in [0.25, 0.3) is 0 Å². The first-order valence-electron chi connectivity index (χ1n) is 9.14. The largest absolute Gasteiger partial charge is 0.377 e. The van der Waals surface area contributed by atoms with E-state index < -0.39 is 0 Å². The van der Waals surface area contributed by atoms with Gasteiger partial charge in [0.05, 0.1) is 12.6 Å². The van der Waals surface area contributed by atoms with Gasteiger partial charge in [0.15, 0.2) is 5.96 Å². The second kappa shape index (κ2) is 9.39. The van der Waals surface area contributed by atoms with Gasteiger partial charge in [0.2, 0.25) is 0 Å². The summed E-state index contributed by atoms with van der Waals surface area (Å²) >= 11 is 5.83. The topological polar surface area (TPSA) is 58.5 Å². The van der Waals surface area contributed by atoms with Crippen LogP contribution in [0.4, 0.5) is 0 Å². The summed E-state index contributed by atoms with van der Waals surface area (Å²) in [5.41, 5.74) is 1.19. The van der Waals surface area contributed by atoms with Crippen molar-refractivity contribution in [1.82, 2.24) is 15.6 Å². The van der Waals surface area contributed by atoms with E-state index in [1.54, 1.807) is 12.3 Å². The fourth-order valence-corrected chi connectivity index (χ4v) is 3.36. The Labute approximate surface area is 156 Å². The molecule has 0 saturated carbocycles. The van der Waals surface area contributed by atoms with Crippen molar-refractivity contribution in [2.75, 3.05) is 19.7 Å². The van der Waals surface area contributed by atoms with Gasteiger partial charge in [-0.1, -0.05) is 38.4 Å². The number of nitrogens with zero attached hydrogens (tertiary/aromatic N) is 2. The Bertz CT molecular complexity index is 554. The summed E-state index contributed by atoms with van der Waals surface area (Å²) in [6, 6.07) is 3.74. The molecular weight excluding hydrogens is 336 g/mol. The third-order valence-corrected chi connectivity index (χ3v) is 4.61. The predicted octanol–water partition coefficient (Wildman–Crippen LogP) is 3.63. The van der Waals surface area contributed by atoms with E-state index in [0.717, 1.165) is 37.6 Å². The summed E-state index contributed by atoms with van der Waals surface area (Å²) in [6.07, 6.45) is 4.36. The molecular formula is C19H31ClN4O. The molecule has 0 aliphatic carbocycles. The van der Waals surface area contributed by atoms with Crippen molar-refractivity contribution in [2.45, 2.75) is 53.2 Å². The Morgan fingerprint density at radius 1 is 1.36 bits per heavy atom. The van der Waals surface area contributed by atoms with Gasteiger partial charge < -0.3 is 15.4 Å². The Morgan fingerprint density at radius 2 is 2.16 bits per heavy atom. The first kappa shape index (κ1) is 20.0. The zero-order chi connectivity index (χ0) is 18.3. The first-order valence-corrected chi connectivity index (χ1v) is 9.52. The number of ether oxygens (including phenoxy) is 1. The molecule has 1 saturated heterocycles.